The van der Waals surface area contributed by atoms with Gasteiger partial charge in [0.2, 0.25) is 5.13 Å². The summed E-state index contributed by atoms with van der Waals surface area (Å²) in [6, 6.07) is 0. The zero-order valence-corrected chi connectivity index (χ0v) is 10.4. The third kappa shape index (κ3) is 3.53. The number of aryl methyl sites for hydroxylation is 1. The van der Waals surface area contributed by atoms with Crippen molar-refractivity contribution < 1.29 is 4.57 Å². The summed E-state index contributed by atoms with van der Waals surface area (Å²) in [7, 11) is -3.13. The second-order valence-electron chi connectivity index (χ2n) is 2.53. The smallest absolute Gasteiger partial charge is 0.275 e. The minimum Gasteiger partial charge on any atom is -0.275 e. The molecule has 1 heterocycles. The van der Waals surface area contributed by atoms with Gasteiger partial charge in [-0.1, -0.05) is 11.3 Å². The number of nitrogens with zero attached hydrogens (tertiary/aromatic N) is 4. The number of rotatable bonds is 4. The number of hydrogen-bond acceptors (Lipinski definition) is 4. The van der Waals surface area contributed by atoms with Gasteiger partial charge in [0, 0.05) is 12.4 Å². The molecule has 1 N–H and O–H groups in total. The molecule has 82 valence electrons. The van der Waals surface area contributed by atoms with Crippen molar-refractivity contribution >= 4 is 36.5 Å². The molecule has 1 rings (SSSR count). The van der Waals surface area contributed by atoms with Gasteiger partial charge in [-0.05, 0) is 20.8 Å². The van der Waals surface area contributed by atoms with Crippen LogP contribution in [0.1, 0.15) is 18.9 Å². The highest BCUT2D eigenvalue weighted by Gasteiger charge is 2.19. The lowest BCUT2D eigenvalue weighted by Crippen LogP contribution is -1.92. The SMILES string of the molecule is CC=NP(=O)(N=CC)Nc1nnc(C)s1. The Morgan fingerprint density at radius 1 is 1.33 bits per heavy atom. The molecule has 0 aliphatic heterocycles. The van der Waals surface area contributed by atoms with Gasteiger partial charge in [-0.2, -0.15) is 0 Å². The van der Waals surface area contributed by atoms with Crippen LogP contribution in [0.5, 0.6) is 0 Å². The van der Waals surface area contributed by atoms with Crippen molar-refractivity contribution in [3.63, 3.8) is 0 Å². The van der Waals surface area contributed by atoms with Gasteiger partial charge in [-0.3, -0.25) is 5.09 Å². The second-order valence-corrected chi connectivity index (χ2v) is 5.48. The van der Waals surface area contributed by atoms with Gasteiger partial charge in [0.25, 0.3) is 0 Å². The summed E-state index contributed by atoms with van der Waals surface area (Å²) in [6.07, 6.45) is 2.91. The van der Waals surface area contributed by atoms with Crippen molar-refractivity contribution in [1.29, 1.82) is 0 Å². The largest absolute Gasteiger partial charge is 0.395 e. The van der Waals surface area contributed by atoms with Crippen LogP contribution in [0, 0.1) is 6.92 Å². The van der Waals surface area contributed by atoms with E-state index in [1.54, 1.807) is 13.8 Å². The maximum absolute atomic E-state index is 12.0. The fourth-order valence-electron chi connectivity index (χ4n) is 0.867. The predicted molar refractivity (Wildman–Crippen MR) is 64.2 cm³/mol. The normalized spacial score (nSPS) is 15.9. The van der Waals surface area contributed by atoms with Crippen molar-refractivity contribution in [3.05, 3.63) is 5.01 Å². The maximum Gasteiger partial charge on any atom is 0.395 e. The Morgan fingerprint density at radius 2 is 1.93 bits per heavy atom. The third-order valence-corrected chi connectivity index (χ3v) is 3.81. The minimum atomic E-state index is -3.13. The molecule has 0 saturated carbocycles. The summed E-state index contributed by atoms with van der Waals surface area (Å²) in [5.41, 5.74) is 0. The Hall–Kier alpha value is -1.07. The van der Waals surface area contributed by atoms with Gasteiger partial charge in [-0.15, -0.1) is 10.2 Å². The van der Waals surface area contributed by atoms with Crippen LogP contribution in [0.25, 0.3) is 0 Å². The fourth-order valence-corrected chi connectivity index (χ4v) is 2.94. The molecule has 15 heavy (non-hydrogen) atoms. The van der Waals surface area contributed by atoms with Gasteiger partial charge in [0.05, 0.1) is 0 Å². The first kappa shape index (κ1) is 12.0. The van der Waals surface area contributed by atoms with Crippen molar-refractivity contribution in [2.75, 3.05) is 5.09 Å². The molecule has 0 fully saturated rings. The van der Waals surface area contributed by atoms with Crippen molar-refractivity contribution in [2.24, 2.45) is 9.53 Å². The molecule has 0 radical (unpaired) electrons. The van der Waals surface area contributed by atoms with E-state index >= 15 is 0 Å². The highest BCUT2D eigenvalue weighted by atomic mass is 32.1. The van der Waals surface area contributed by atoms with Crippen LogP contribution in [-0.4, -0.2) is 22.6 Å². The number of nitrogens with one attached hydrogen (secondary N) is 1. The predicted octanol–water partition coefficient (Wildman–Crippen LogP) is 2.55. The van der Waals surface area contributed by atoms with Gasteiger partial charge in [0.1, 0.15) is 5.01 Å². The molecular formula is C7H12N5OPS. The Bertz CT molecular complexity index is 411. The zero-order chi connectivity index (χ0) is 11.3. The lowest BCUT2D eigenvalue weighted by Gasteiger charge is -2.06. The van der Waals surface area contributed by atoms with E-state index in [9.17, 15) is 4.57 Å². The number of anilines is 1. The molecule has 0 amide bonds. The molecule has 8 heteroatoms. The highest BCUT2D eigenvalue weighted by molar-refractivity contribution is 7.63. The summed E-state index contributed by atoms with van der Waals surface area (Å²) in [6.45, 7) is 5.19. The molecule has 0 aliphatic carbocycles. The first-order chi connectivity index (χ1) is 7.09. The molecule has 0 aromatic carbocycles. The van der Waals surface area contributed by atoms with Crippen LogP contribution in [-0.2, 0) is 4.57 Å². The first-order valence-electron chi connectivity index (χ1n) is 4.28. The monoisotopic (exact) mass is 245 g/mol. The van der Waals surface area contributed by atoms with Crippen LogP contribution in [0.3, 0.4) is 0 Å². The average Bonchev–Trinajstić information content (AvgIpc) is 2.51. The van der Waals surface area contributed by atoms with Crippen molar-refractivity contribution in [1.82, 2.24) is 10.2 Å². The topological polar surface area (TPSA) is 79.6 Å². The second kappa shape index (κ2) is 5.14. The summed E-state index contributed by atoms with van der Waals surface area (Å²) in [4.78, 5) is 0. The Labute approximate surface area is 92.1 Å². The van der Waals surface area contributed by atoms with E-state index in [2.05, 4.69) is 24.8 Å². The molecular weight excluding hydrogens is 233 g/mol. The summed E-state index contributed by atoms with van der Waals surface area (Å²) >= 11 is 1.31. The molecule has 0 bridgehead atoms. The van der Waals surface area contributed by atoms with Gasteiger partial charge < -0.3 is 0 Å². The van der Waals surface area contributed by atoms with Crippen LogP contribution < -0.4 is 5.09 Å². The van der Waals surface area contributed by atoms with Gasteiger partial charge >= 0.3 is 7.59 Å². The lowest BCUT2D eigenvalue weighted by atomic mass is 10.9. The van der Waals surface area contributed by atoms with E-state index in [1.165, 1.54) is 23.8 Å². The number of hydrogen-bond donors (Lipinski definition) is 1. The Kier molecular flexibility index (Phi) is 4.11. The molecule has 6 nitrogen and oxygen atoms in total. The lowest BCUT2D eigenvalue weighted by molar-refractivity contribution is 0.580. The summed E-state index contributed by atoms with van der Waals surface area (Å²) in [5, 5.41) is 11.5. The Balaban J connectivity index is 2.89. The van der Waals surface area contributed by atoms with Gasteiger partial charge in [0.15, 0.2) is 0 Å². The molecule has 0 aliphatic rings. The van der Waals surface area contributed by atoms with Crippen LogP contribution in [0.4, 0.5) is 5.13 Å². The highest BCUT2D eigenvalue weighted by Crippen LogP contribution is 2.48. The summed E-state index contributed by atoms with van der Waals surface area (Å²) < 4.78 is 19.6. The third-order valence-electron chi connectivity index (χ3n) is 1.31. The molecule has 0 saturated heterocycles. The van der Waals surface area contributed by atoms with E-state index in [-0.39, 0.29) is 0 Å². The summed E-state index contributed by atoms with van der Waals surface area (Å²) in [5.74, 6) is 0. The van der Waals surface area contributed by atoms with Crippen LogP contribution in [0.15, 0.2) is 9.53 Å². The van der Waals surface area contributed by atoms with E-state index in [0.717, 1.165) is 5.01 Å². The quantitative estimate of drug-likeness (QED) is 0.653. The van der Waals surface area contributed by atoms with E-state index in [4.69, 9.17) is 0 Å². The van der Waals surface area contributed by atoms with Crippen LogP contribution in [0.2, 0.25) is 0 Å². The molecule has 0 spiro atoms. The number of aromatic nitrogens is 2. The molecule has 0 unspecified atom stereocenters. The standard InChI is InChI=1S/C7H12N5OPS/c1-4-8-14(13,9-5-2)12-7-11-10-6(3)15-7/h4-5H,1-3H3,(H,11,12,13). The Morgan fingerprint density at radius 3 is 2.33 bits per heavy atom. The van der Waals surface area contributed by atoms with Crippen LogP contribution >= 0.6 is 18.9 Å². The van der Waals surface area contributed by atoms with Crippen molar-refractivity contribution in [2.45, 2.75) is 20.8 Å². The van der Waals surface area contributed by atoms with Crippen molar-refractivity contribution in [3.8, 4) is 0 Å². The van der Waals surface area contributed by atoms with Gasteiger partial charge in [-0.25, -0.2) is 14.1 Å². The van der Waals surface area contributed by atoms with E-state index in [1.807, 2.05) is 6.92 Å². The maximum atomic E-state index is 12.0. The fraction of sp³-hybridized carbons (Fsp3) is 0.429. The zero-order valence-electron chi connectivity index (χ0n) is 8.71. The van der Waals surface area contributed by atoms with E-state index < -0.39 is 7.59 Å². The molecule has 1 aromatic heterocycles. The van der Waals surface area contributed by atoms with E-state index in [0.29, 0.717) is 5.13 Å². The minimum absolute atomic E-state index is 0.465. The first-order valence-corrected chi connectivity index (χ1v) is 6.71. The molecule has 0 atom stereocenters. The average molecular weight is 245 g/mol. The molecule has 1 aromatic rings.